The standard InChI is InChI=1S/C26H20N2O2/c1-2-28-24-11-9-20(26(29)30)14-22(24)23-15-21(10-12-25(23)28)27-16-17-7-8-18-5-3-4-6-19(18)13-17/h3-16H,2H2,1H3,(H,29,30). The van der Waals surface area contributed by atoms with Crippen LogP contribution < -0.4 is 0 Å². The molecule has 0 saturated heterocycles. The summed E-state index contributed by atoms with van der Waals surface area (Å²) in [5.41, 5.74) is 4.29. The third kappa shape index (κ3) is 3.03. The summed E-state index contributed by atoms with van der Waals surface area (Å²) in [7, 11) is 0. The fourth-order valence-corrected chi connectivity index (χ4v) is 4.08. The van der Waals surface area contributed by atoms with E-state index in [0.717, 1.165) is 39.6 Å². The van der Waals surface area contributed by atoms with Crippen LogP contribution in [0.4, 0.5) is 5.69 Å². The molecule has 1 aromatic heterocycles. The van der Waals surface area contributed by atoms with Gasteiger partial charge in [0.15, 0.2) is 0 Å². The molecule has 1 N–H and O–H groups in total. The second-order valence-electron chi connectivity index (χ2n) is 7.35. The SMILES string of the molecule is CCn1c2ccc(N=Cc3ccc4ccccc4c3)cc2c2cc(C(=O)O)ccc21. The lowest BCUT2D eigenvalue weighted by Gasteiger charge is -2.03. The van der Waals surface area contributed by atoms with Gasteiger partial charge < -0.3 is 9.67 Å². The molecule has 146 valence electrons. The maximum absolute atomic E-state index is 11.4. The van der Waals surface area contributed by atoms with Gasteiger partial charge in [-0.05, 0) is 65.7 Å². The zero-order valence-corrected chi connectivity index (χ0v) is 16.5. The molecule has 0 saturated carbocycles. The number of aromatic carboxylic acids is 1. The molecule has 4 nitrogen and oxygen atoms in total. The van der Waals surface area contributed by atoms with E-state index in [9.17, 15) is 9.90 Å². The predicted molar refractivity (Wildman–Crippen MR) is 123 cm³/mol. The van der Waals surface area contributed by atoms with E-state index in [-0.39, 0.29) is 0 Å². The molecule has 0 atom stereocenters. The van der Waals surface area contributed by atoms with Crippen LogP contribution in [-0.4, -0.2) is 21.9 Å². The number of aromatic nitrogens is 1. The lowest BCUT2D eigenvalue weighted by Crippen LogP contribution is -1.96. The minimum absolute atomic E-state index is 0.294. The molecule has 0 radical (unpaired) electrons. The average molecular weight is 392 g/mol. The van der Waals surface area contributed by atoms with Crippen molar-refractivity contribution in [2.45, 2.75) is 13.5 Å². The predicted octanol–water partition coefficient (Wildman–Crippen LogP) is 6.42. The summed E-state index contributed by atoms with van der Waals surface area (Å²) in [6.45, 7) is 2.90. The molecule has 0 aliphatic rings. The summed E-state index contributed by atoms with van der Waals surface area (Å²) >= 11 is 0. The summed E-state index contributed by atoms with van der Waals surface area (Å²) in [5.74, 6) is -0.917. The molecular formula is C26H20N2O2. The first kappa shape index (κ1) is 18.1. The highest BCUT2D eigenvalue weighted by atomic mass is 16.4. The summed E-state index contributed by atoms with van der Waals surface area (Å²) in [4.78, 5) is 16.1. The van der Waals surface area contributed by atoms with E-state index in [0.29, 0.717) is 5.56 Å². The van der Waals surface area contributed by atoms with Gasteiger partial charge in [-0.2, -0.15) is 0 Å². The van der Waals surface area contributed by atoms with Crippen molar-refractivity contribution in [1.82, 2.24) is 4.57 Å². The number of aliphatic imine (C=N–C) groups is 1. The number of fused-ring (bicyclic) bond motifs is 4. The van der Waals surface area contributed by atoms with E-state index in [1.165, 1.54) is 10.8 Å². The van der Waals surface area contributed by atoms with Crippen LogP contribution in [0.15, 0.2) is 83.9 Å². The molecule has 0 amide bonds. The molecule has 1 heterocycles. The van der Waals surface area contributed by atoms with Crippen LogP contribution >= 0.6 is 0 Å². The van der Waals surface area contributed by atoms with Gasteiger partial charge in [0.2, 0.25) is 0 Å². The highest BCUT2D eigenvalue weighted by molar-refractivity contribution is 6.11. The normalized spacial score (nSPS) is 11.8. The number of carbonyl (C=O) groups is 1. The Bertz CT molecular complexity index is 1460. The molecule has 5 aromatic rings. The molecule has 4 heteroatoms. The number of aryl methyl sites for hydroxylation is 1. The van der Waals surface area contributed by atoms with Crippen molar-refractivity contribution in [2.24, 2.45) is 4.99 Å². The van der Waals surface area contributed by atoms with Crippen molar-refractivity contribution >= 4 is 50.4 Å². The van der Waals surface area contributed by atoms with Crippen molar-refractivity contribution in [3.05, 3.63) is 90.0 Å². The summed E-state index contributed by atoms with van der Waals surface area (Å²) in [6.07, 6.45) is 1.87. The maximum Gasteiger partial charge on any atom is 0.335 e. The van der Waals surface area contributed by atoms with Crippen molar-refractivity contribution in [3.63, 3.8) is 0 Å². The van der Waals surface area contributed by atoms with E-state index in [1.807, 2.05) is 36.5 Å². The van der Waals surface area contributed by atoms with Gasteiger partial charge in [-0.15, -0.1) is 0 Å². The number of carboxylic acids is 1. The van der Waals surface area contributed by atoms with Gasteiger partial charge in [0.05, 0.1) is 11.3 Å². The van der Waals surface area contributed by atoms with Crippen molar-refractivity contribution in [3.8, 4) is 0 Å². The van der Waals surface area contributed by atoms with Crippen molar-refractivity contribution < 1.29 is 9.90 Å². The summed E-state index contributed by atoms with van der Waals surface area (Å²) in [6, 6.07) is 25.9. The number of carboxylic acid groups (broad SMARTS) is 1. The fourth-order valence-electron chi connectivity index (χ4n) is 4.08. The van der Waals surface area contributed by atoms with Gasteiger partial charge in [0.1, 0.15) is 0 Å². The highest BCUT2D eigenvalue weighted by Crippen LogP contribution is 2.32. The number of hydrogen-bond donors (Lipinski definition) is 1. The number of rotatable bonds is 4. The van der Waals surface area contributed by atoms with E-state index in [1.54, 1.807) is 12.1 Å². The first-order valence-corrected chi connectivity index (χ1v) is 9.96. The molecule has 30 heavy (non-hydrogen) atoms. The monoisotopic (exact) mass is 392 g/mol. The first-order chi connectivity index (χ1) is 14.6. The average Bonchev–Trinajstić information content (AvgIpc) is 3.09. The Labute approximate surface area is 173 Å². The molecule has 0 aliphatic heterocycles. The second-order valence-corrected chi connectivity index (χ2v) is 7.35. The topological polar surface area (TPSA) is 54.6 Å². The molecule has 0 unspecified atom stereocenters. The molecule has 5 rings (SSSR count). The van der Waals surface area contributed by atoms with E-state index >= 15 is 0 Å². The summed E-state index contributed by atoms with van der Waals surface area (Å²) < 4.78 is 2.20. The molecule has 0 fully saturated rings. The van der Waals surface area contributed by atoms with Gasteiger partial charge in [-0.3, -0.25) is 4.99 Å². The Morgan fingerprint density at radius 3 is 2.40 bits per heavy atom. The van der Waals surface area contributed by atoms with Crippen LogP contribution in [0.2, 0.25) is 0 Å². The van der Waals surface area contributed by atoms with E-state index in [2.05, 4.69) is 52.9 Å². The quantitative estimate of drug-likeness (QED) is 0.359. The first-order valence-electron chi connectivity index (χ1n) is 9.96. The fraction of sp³-hybridized carbons (Fsp3) is 0.0769. The molecule has 0 spiro atoms. The molecule has 0 bridgehead atoms. The maximum atomic E-state index is 11.4. The Kier molecular flexibility index (Phi) is 4.32. The van der Waals surface area contributed by atoms with Crippen LogP contribution in [-0.2, 0) is 6.54 Å². The Morgan fingerprint density at radius 2 is 1.63 bits per heavy atom. The van der Waals surface area contributed by atoms with E-state index in [4.69, 9.17) is 0 Å². The van der Waals surface area contributed by atoms with E-state index < -0.39 is 5.97 Å². The third-order valence-corrected chi connectivity index (χ3v) is 5.55. The van der Waals surface area contributed by atoms with Gasteiger partial charge in [-0.1, -0.05) is 36.4 Å². The lowest BCUT2D eigenvalue weighted by atomic mass is 10.1. The minimum atomic E-state index is -0.917. The molecule has 4 aromatic carbocycles. The van der Waals surface area contributed by atoms with Crippen LogP contribution in [0.3, 0.4) is 0 Å². The largest absolute Gasteiger partial charge is 0.478 e. The van der Waals surface area contributed by atoms with Crippen LogP contribution in [0.5, 0.6) is 0 Å². The minimum Gasteiger partial charge on any atom is -0.478 e. The number of hydrogen-bond acceptors (Lipinski definition) is 2. The van der Waals surface area contributed by atoms with Crippen LogP contribution in [0.1, 0.15) is 22.8 Å². The molecular weight excluding hydrogens is 372 g/mol. The van der Waals surface area contributed by atoms with Gasteiger partial charge in [-0.25, -0.2) is 4.79 Å². The van der Waals surface area contributed by atoms with Crippen LogP contribution in [0, 0.1) is 0 Å². The van der Waals surface area contributed by atoms with Crippen molar-refractivity contribution in [1.29, 1.82) is 0 Å². The van der Waals surface area contributed by atoms with Gasteiger partial charge >= 0.3 is 5.97 Å². The lowest BCUT2D eigenvalue weighted by molar-refractivity contribution is 0.0697. The Hall–Kier alpha value is -3.92. The van der Waals surface area contributed by atoms with Crippen molar-refractivity contribution in [2.75, 3.05) is 0 Å². The highest BCUT2D eigenvalue weighted by Gasteiger charge is 2.13. The zero-order valence-electron chi connectivity index (χ0n) is 16.5. The number of benzene rings is 4. The smallest absolute Gasteiger partial charge is 0.335 e. The van der Waals surface area contributed by atoms with Gasteiger partial charge in [0.25, 0.3) is 0 Å². The Balaban J connectivity index is 1.60. The zero-order chi connectivity index (χ0) is 20.7. The second kappa shape index (κ2) is 7.16. The third-order valence-electron chi connectivity index (χ3n) is 5.55. The molecule has 0 aliphatic carbocycles. The number of nitrogens with zero attached hydrogens (tertiary/aromatic N) is 2. The van der Waals surface area contributed by atoms with Gasteiger partial charge in [0, 0.05) is 34.6 Å². The Morgan fingerprint density at radius 1 is 0.900 bits per heavy atom. The summed E-state index contributed by atoms with van der Waals surface area (Å²) in [5, 5.41) is 13.7. The van der Waals surface area contributed by atoms with Crippen LogP contribution in [0.25, 0.3) is 32.6 Å².